The predicted octanol–water partition coefficient (Wildman–Crippen LogP) is 5.44. The Hall–Kier alpha value is -2.06. The zero-order valence-corrected chi connectivity index (χ0v) is 14.6. The number of furan rings is 1. The second-order valence-electron chi connectivity index (χ2n) is 7.11. The summed E-state index contributed by atoms with van der Waals surface area (Å²) in [6, 6.07) is 18.1. The normalized spacial score (nSPS) is 18.5. The van der Waals surface area contributed by atoms with Gasteiger partial charge >= 0.3 is 0 Å². The highest BCUT2D eigenvalue weighted by Crippen LogP contribution is 2.28. The Labute approximate surface area is 144 Å². The molecular formula is C22H25NO. The molecule has 1 aromatic heterocycles. The van der Waals surface area contributed by atoms with E-state index < -0.39 is 0 Å². The molecule has 1 atom stereocenters. The molecule has 0 unspecified atom stereocenters. The molecule has 1 saturated heterocycles. The molecule has 4 rings (SSSR count). The van der Waals surface area contributed by atoms with Crippen LogP contribution in [-0.2, 0) is 6.42 Å². The van der Waals surface area contributed by atoms with E-state index in [9.17, 15) is 0 Å². The highest BCUT2D eigenvalue weighted by molar-refractivity contribution is 5.84. The van der Waals surface area contributed by atoms with Crippen molar-refractivity contribution in [2.24, 2.45) is 0 Å². The second kappa shape index (κ2) is 6.45. The zero-order valence-electron chi connectivity index (χ0n) is 14.6. The highest BCUT2D eigenvalue weighted by Gasteiger charge is 2.20. The third-order valence-corrected chi connectivity index (χ3v) is 5.25. The molecule has 1 aliphatic heterocycles. The number of hydrogen-bond donors (Lipinski definition) is 0. The van der Waals surface area contributed by atoms with Crippen molar-refractivity contribution in [3.8, 4) is 11.1 Å². The van der Waals surface area contributed by atoms with Crippen LogP contribution in [0.1, 0.15) is 31.1 Å². The van der Waals surface area contributed by atoms with Gasteiger partial charge in [0.05, 0.1) is 0 Å². The minimum absolute atomic E-state index is 0.724. The van der Waals surface area contributed by atoms with Gasteiger partial charge in [0.25, 0.3) is 0 Å². The van der Waals surface area contributed by atoms with Crippen molar-refractivity contribution in [2.45, 2.75) is 39.2 Å². The smallest absolute Gasteiger partial charge is 0.134 e. The van der Waals surface area contributed by atoms with Gasteiger partial charge in [-0.25, -0.2) is 0 Å². The fourth-order valence-electron chi connectivity index (χ4n) is 3.80. The van der Waals surface area contributed by atoms with Crippen molar-refractivity contribution in [1.29, 1.82) is 0 Å². The summed E-state index contributed by atoms with van der Waals surface area (Å²) in [6.07, 6.45) is 3.67. The van der Waals surface area contributed by atoms with Gasteiger partial charge < -0.3 is 9.32 Å². The lowest BCUT2D eigenvalue weighted by Gasteiger charge is -2.19. The van der Waals surface area contributed by atoms with E-state index in [1.807, 2.05) is 0 Å². The second-order valence-corrected chi connectivity index (χ2v) is 7.11. The van der Waals surface area contributed by atoms with Crippen molar-refractivity contribution >= 4 is 11.0 Å². The van der Waals surface area contributed by atoms with E-state index in [2.05, 4.69) is 67.3 Å². The predicted molar refractivity (Wildman–Crippen MR) is 100 cm³/mol. The number of aryl methyl sites for hydroxylation is 1. The fourth-order valence-corrected chi connectivity index (χ4v) is 3.80. The summed E-state index contributed by atoms with van der Waals surface area (Å²) in [4.78, 5) is 2.57. The van der Waals surface area contributed by atoms with Gasteiger partial charge in [-0.3, -0.25) is 0 Å². The molecule has 24 heavy (non-hydrogen) atoms. The molecule has 2 nitrogen and oxygen atoms in total. The Morgan fingerprint density at radius 3 is 2.75 bits per heavy atom. The summed E-state index contributed by atoms with van der Waals surface area (Å²) in [7, 11) is 0. The SMILES string of the molecule is Cc1cccc(-c2ccc3oc(CCN4CCC[C@H]4C)cc3c2)c1. The molecule has 1 aliphatic rings. The van der Waals surface area contributed by atoms with Crippen LogP contribution in [-0.4, -0.2) is 24.0 Å². The van der Waals surface area contributed by atoms with E-state index in [0.717, 1.165) is 30.4 Å². The van der Waals surface area contributed by atoms with Gasteiger partial charge in [0.15, 0.2) is 0 Å². The maximum atomic E-state index is 6.05. The number of benzene rings is 2. The summed E-state index contributed by atoms with van der Waals surface area (Å²) >= 11 is 0. The summed E-state index contributed by atoms with van der Waals surface area (Å²) in [5.41, 5.74) is 4.81. The lowest BCUT2D eigenvalue weighted by molar-refractivity contribution is 0.266. The largest absolute Gasteiger partial charge is 0.461 e. The van der Waals surface area contributed by atoms with Gasteiger partial charge in [-0.05, 0) is 62.6 Å². The number of nitrogens with zero attached hydrogens (tertiary/aromatic N) is 1. The lowest BCUT2D eigenvalue weighted by atomic mass is 10.0. The van der Waals surface area contributed by atoms with E-state index >= 15 is 0 Å². The Morgan fingerprint density at radius 1 is 1.08 bits per heavy atom. The van der Waals surface area contributed by atoms with Crippen molar-refractivity contribution in [1.82, 2.24) is 4.90 Å². The van der Waals surface area contributed by atoms with Gasteiger partial charge in [-0.1, -0.05) is 35.9 Å². The molecule has 0 aliphatic carbocycles. The number of likely N-dealkylation sites (tertiary alicyclic amines) is 1. The quantitative estimate of drug-likeness (QED) is 0.637. The first-order chi connectivity index (χ1) is 11.7. The van der Waals surface area contributed by atoms with Crippen LogP contribution in [0.2, 0.25) is 0 Å². The topological polar surface area (TPSA) is 16.4 Å². The third-order valence-electron chi connectivity index (χ3n) is 5.25. The Balaban J connectivity index is 1.55. The molecule has 0 bridgehead atoms. The van der Waals surface area contributed by atoms with Gasteiger partial charge in [0.2, 0.25) is 0 Å². The van der Waals surface area contributed by atoms with Crippen LogP contribution in [0.15, 0.2) is 52.9 Å². The third kappa shape index (κ3) is 3.11. The first kappa shape index (κ1) is 15.5. The van der Waals surface area contributed by atoms with Crippen LogP contribution in [0.25, 0.3) is 22.1 Å². The number of rotatable bonds is 4. The summed E-state index contributed by atoms with van der Waals surface area (Å²) in [5.74, 6) is 1.10. The molecule has 0 radical (unpaired) electrons. The van der Waals surface area contributed by atoms with Crippen LogP contribution in [0.4, 0.5) is 0 Å². The summed E-state index contributed by atoms with van der Waals surface area (Å²) in [5, 5.41) is 1.21. The van der Waals surface area contributed by atoms with E-state index in [4.69, 9.17) is 4.42 Å². The Morgan fingerprint density at radius 2 is 1.96 bits per heavy atom. The number of fused-ring (bicyclic) bond motifs is 1. The van der Waals surface area contributed by atoms with Crippen LogP contribution < -0.4 is 0 Å². The zero-order chi connectivity index (χ0) is 16.5. The highest BCUT2D eigenvalue weighted by atomic mass is 16.3. The van der Waals surface area contributed by atoms with E-state index in [1.165, 1.54) is 41.5 Å². The van der Waals surface area contributed by atoms with Crippen LogP contribution in [0.3, 0.4) is 0 Å². The van der Waals surface area contributed by atoms with Crippen LogP contribution >= 0.6 is 0 Å². The molecular weight excluding hydrogens is 294 g/mol. The molecule has 2 heterocycles. The minimum Gasteiger partial charge on any atom is -0.461 e. The minimum atomic E-state index is 0.724. The van der Waals surface area contributed by atoms with E-state index in [0.29, 0.717) is 0 Å². The maximum absolute atomic E-state index is 6.05. The fraction of sp³-hybridized carbons (Fsp3) is 0.364. The average Bonchev–Trinajstić information content (AvgIpc) is 3.17. The van der Waals surface area contributed by atoms with Crippen molar-refractivity contribution in [3.05, 3.63) is 59.9 Å². The summed E-state index contributed by atoms with van der Waals surface area (Å²) in [6.45, 7) is 6.81. The monoisotopic (exact) mass is 319 g/mol. The maximum Gasteiger partial charge on any atom is 0.134 e. The molecule has 0 spiro atoms. The van der Waals surface area contributed by atoms with Gasteiger partial charge in [0.1, 0.15) is 11.3 Å². The van der Waals surface area contributed by atoms with Crippen molar-refractivity contribution in [3.63, 3.8) is 0 Å². The molecule has 1 fully saturated rings. The Kier molecular flexibility index (Phi) is 4.15. The lowest BCUT2D eigenvalue weighted by Crippen LogP contribution is -2.28. The average molecular weight is 319 g/mol. The standard InChI is InChI=1S/C22H25NO/c1-16-5-3-7-18(13-16)19-8-9-22-20(14-19)15-21(24-22)10-12-23-11-4-6-17(23)2/h3,5,7-9,13-15,17H,4,6,10-12H2,1-2H3/t17-/m1/s1. The molecule has 2 aromatic carbocycles. The van der Waals surface area contributed by atoms with Crippen molar-refractivity contribution in [2.75, 3.05) is 13.1 Å². The first-order valence-electron chi connectivity index (χ1n) is 9.02. The number of hydrogen-bond acceptors (Lipinski definition) is 2. The van der Waals surface area contributed by atoms with Gasteiger partial charge in [-0.2, -0.15) is 0 Å². The molecule has 2 heteroatoms. The molecule has 124 valence electrons. The van der Waals surface area contributed by atoms with E-state index in [1.54, 1.807) is 0 Å². The van der Waals surface area contributed by atoms with Gasteiger partial charge in [-0.15, -0.1) is 0 Å². The van der Waals surface area contributed by atoms with Gasteiger partial charge in [0, 0.05) is 24.4 Å². The first-order valence-corrected chi connectivity index (χ1v) is 9.02. The molecule has 0 amide bonds. The van der Waals surface area contributed by atoms with E-state index in [-0.39, 0.29) is 0 Å². The Bertz CT molecular complexity index is 848. The van der Waals surface area contributed by atoms with Crippen LogP contribution in [0, 0.1) is 6.92 Å². The molecule has 0 N–H and O–H groups in total. The molecule has 0 saturated carbocycles. The van der Waals surface area contributed by atoms with Crippen LogP contribution in [0.5, 0.6) is 0 Å². The van der Waals surface area contributed by atoms with Crippen molar-refractivity contribution < 1.29 is 4.42 Å². The molecule has 3 aromatic rings. The summed E-state index contributed by atoms with van der Waals surface area (Å²) < 4.78 is 6.05.